The first kappa shape index (κ1) is 14.6. The monoisotopic (exact) mass is 307 g/mol. The summed E-state index contributed by atoms with van der Waals surface area (Å²) in [6, 6.07) is 7.34. The third-order valence-corrected chi connectivity index (χ3v) is 6.21. The summed E-state index contributed by atoms with van der Waals surface area (Å²) in [4.78, 5) is 12.1. The second kappa shape index (κ2) is 5.13. The Morgan fingerprint density at radius 1 is 1.29 bits per heavy atom. The standard InChI is InChI=1S/C16H21NO3S/c1-12-5-2-3-6-13(12)11-21(19,20)17-15(18)14-9-16(10-14)7-4-8-16/h2-3,5-6,14H,4,7-11H2,1H3,(H,17,18). The van der Waals surface area contributed by atoms with Crippen LogP contribution in [0.2, 0.25) is 0 Å². The van der Waals surface area contributed by atoms with Gasteiger partial charge in [0.1, 0.15) is 0 Å². The third kappa shape index (κ3) is 2.98. The Kier molecular flexibility index (Phi) is 3.56. The lowest BCUT2D eigenvalue weighted by molar-refractivity contribution is -0.134. The zero-order chi connectivity index (χ0) is 15.1. The molecule has 1 aromatic carbocycles. The van der Waals surface area contributed by atoms with Crippen LogP contribution in [0.15, 0.2) is 24.3 Å². The largest absolute Gasteiger partial charge is 0.274 e. The SMILES string of the molecule is Cc1ccccc1CS(=O)(=O)NC(=O)C1CC2(CCC2)C1. The predicted molar refractivity (Wildman–Crippen MR) is 81.0 cm³/mol. The minimum absolute atomic E-state index is 0.114. The average molecular weight is 307 g/mol. The van der Waals surface area contributed by atoms with Gasteiger partial charge < -0.3 is 0 Å². The van der Waals surface area contributed by atoms with Crippen LogP contribution in [0.1, 0.15) is 43.2 Å². The van der Waals surface area contributed by atoms with E-state index in [9.17, 15) is 13.2 Å². The topological polar surface area (TPSA) is 63.2 Å². The first-order valence-corrected chi connectivity index (χ1v) is 9.13. The highest BCUT2D eigenvalue weighted by Crippen LogP contribution is 2.58. The number of aryl methyl sites for hydroxylation is 1. The van der Waals surface area contributed by atoms with Crippen LogP contribution < -0.4 is 4.72 Å². The van der Waals surface area contributed by atoms with Crippen LogP contribution in [0, 0.1) is 18.3 Å². The molecule has 1 N–H and O–H groups in total. The second-order valence-corrected chi connectivity index (χ2v) is 8.33. The van der Waals surface area contributed by atoms with Crippen LogP contribution in [0.4, 0.5) is 0 Å². The van der Waals surface area contributed by atoms with Crippen molar-refractivity contribution in [3.05, 3.63) is 35.4 Å². The number of carbonyl (C=O) groups excluding carboxylic acids is 1. The minimum Gasteiger partial charge on any atom is -0.274 e. The van der Waals surface area contributed by atoms with Gasteiger partial charge in [0.15, 0.2) is 0 Å². The molecule has 114 valence electrons. The van der Waals surface area contributed by atoms with E-state index in [0.29, 0.717) is 5.41 Å². The third-order valence-electron chi connectivity index (χ3n) is 5.01. The van der Waals surface area contributed by atoms with E-state index in [4.69, 9.17) is 0 Å². The highest BCUT2D eigenvalue weighted by atomic mass is 32.2. The van der Waals surface area contributed by atoms with Crippen molar-refractivity contribution in [3.8, 4) is 0 Å². The number of hydrogen-bond donors (Lipinski definition) is 1. The van der Waals surface area contributed by atoms with Gasteiger partial charge in [0.05, 0.1) is 5.75 Å². The van der Waals surface area contributed by atoms with E-state index in [1.807, 2.05) is 25.1 Å². The van der Waals surface area contributed by atoms with Crippen molar-refractivity contribution in [1.82, 2.24) is 4.72 Å². The minimum atomic E-state index is -3.60. The van der Waals surface area contributed by atoms with Crippen LogP contribution in [-0.2, 0) is 20.6 Å². The lowest BCUT2D eigenvalue weighted by Crippen LogP contribution is -2.50. The van der Waals surface area contributed by atoms with Crippen molar-refractivity contribution in [2.24, 2.45) is 11.3 Å². The molecule has 2 aliphatic carbocycles. The molecular weight excluding hydrogens is 286 g/mol. The Balaban J connectivity index is 1.59. The van der Waals surface area contributed by atoms with Gasteiger partial charge in [-0.3, -0.25) is 9.52 Å². The average Bonchev–Trinajstić information content (AvgIpc) is 2.27. The Labute approximate surface area is 126 Å². The lowest BCUT2D eigenvalue weighted by Gasteiger charge is -2.53. The van der Waals surface area contributed by atoms with E-state index < -0.39 is 10.0 Å². The van der Waals surface area contributed by atoms with E-state index in [0.717, 1.165) is 24.0 Å². The normalized spacial score (nSPS) is 20.6. The summed E-state index contributed by atoms with van der Waals surface area (Å²) in [6.07, 6.45) is 5.37. The molecule has 1 aromatic rings. The molecule has 5 heteroatoms. The van der Waals surface area contributed by atoms with Crippen LogP contribution in [0.3, 0.4) is 0 Å². The molecule has 0 bridgehead atoms. The molecule has 0 unspecified atom stereocenters. The van der Waals surface area contributed by atoms with E-state index in [-0.39, 0.29) is 17.6 Å². The highest BCUT2D eigenvalue weighted by molar-refractivity contribution is 7.89. The molecule has 0 saturated heterocycles. The van der Waals surface area contributed by atoms with Crippen LogP contribution >= 0.6 is 0 Å². The van der Waals surface area contributed by atoms with Gasteiger partial charge in [0.2, 0.25) is 15.9 Å². The van der Waals surface area contributed by atoms with Gasteiger partial charge in [-0.05, 0) is 49.1 Å². The molecule has 0 radical (unpaired) electrons. The number of hydrogen-bond acceptors (Lipinski definition) is 3. The molecule has 0 aliphatic heterocycles. The van der Waals surface area contributed by atoms with Gasteiger partial charge in [-0.15, -0.1) is 0 Å². The molecule has 2 aliphatic rings. The van der Waals surface area contributed by atoms with Gasteiger partial charge in [0, 0.05) is 5.92 Å². The van der Waals surface area contributed by atoms with Crippen LogP contribution in [0.25, 0.3) is 0 Å². The van der Waals surface area contributed by atoms with Crippen molar-refractivity contribution in [2.75, 3.05) is 0 Å². The van der Waals surface area contributed by atoms with Crippen LogP contribution in [-0.4, -0.2) is 14.3 Å². The summed E-state index contributed by atoms with van der Waals surface area (Å²) in [5, 5.41) is 0. The molecule has 1 spiro atoms. The van der Waals surface area contributed by atoms with Gasteiger partial charge in [-0.25, -0.2) is 8.42 Å². The number of sulfonamides is 1. The summed E-state index contributed by atoms with van der Waals surface area (Å²) in [5.74, 6) is -0.568. The number of amides is 1. The molecule has 0 atom stereocenters. The van der Waals surface area contributed by atoms with Crippen molar-refractivity contribution in [2.45, 2.75) is 44.8 Å². The summed E-state index contributed by atoms with van der Waals surface area (Å²) in [6.45, 7) is 1.87. The van der Waals surface area contributed by atoms with E-state index in [1.54, 1.807) is 6.07 Å². The maximum Gasteiger partial charge on any atom is 0.239 e. The molecule has 0 aromatic heterocycles. The molecule has 2 saturated carbocycles. The fraction of sp³-hybridized carbons (Fsp3) is 0.562. The van der Waals surface area contributed by atoms with E-state index >= 15 is 0 Å². The maximum absolute atomic E-state index is 12.1. The van der Waals surface area contributed by atoms with E-state index in [2.05, 4.69) is 4.72 Å². The van der Waals surface area contributed by atoms with Gasteiger partial charge in [-0.1, -0.05) is 30.7 Å². The Morgan fingerprint density at radius 3 is 2.52 bits per heavy atom. The van der Waals surface area contributed by atoms with Crippen LogP contribution in [0.5, 0.6) is 0 Å². The molecule has 3 rings (SSSR count). The zero-order valence-electron chi connectivity index (χ0n) is 12.3. The molecule has 21 heavy (non-hydrogen) atoms. The number of benzene rings is 1. The van der Waals surface area contributed by atoms with Gasteiger partial charge >= 0.3 is 0 Å². The Morgan fingerprint density at radius 2 is 1.95 bits per heavy atom. The second-order valence-electron chi connectivity index (χ2n) is 6.61. The number of rotatable bonds is 4. The maximum atomic E-state index is 12.1. The summed E-state index contributed by atoms with van der Waals surface area (Å²) in [5.41, 5.74) is 2.04. The smallest absolute Gasteiger partial charge is 0.239 e. The summed E-state index contributed by atoms with van der Waals surface area (Å²) < 4.78 is 26.5. The van der Waals surface area contributed by atoms with E-state index in [1.165, 1.54) is 19.3 Å². The Bertz CT molecular complexity index is 654. The van der Waals surface area contributed by atoms with Gasteiger partial charge in [0.25, 0.3) is 0 Å². The molecule has 1 amide bonds. The number of carbonyl (C=O) groups is 1. The zero-order valence-corrected chi connectivity index (χ0v) is 13.1. The van der Waals surface area contributed by atoms with Gasteiger partial charge in [-0.2, -0.15) is 0 Å². The molecule has 0 heterocycles. The predicted octanol–water partition coefficient (Wildman–Crippen LogP) is 2.52. The number of nitrogens with one attached hydrogen (secondary N) is 1. The van der Waals surface area contributed by atoms with Crippen molar-refractivity contribution in [1.29, 1.82) is 0 Å². The van der Waals surface area contributed by atoms with Crippen molar-refractivity contribution < 1.29 is 13.2 Å². The lowest BCUT2D eigenvalue weighted by atomic mass is 9.52. The molecular formula is C16H21NO3S. The Hall–Kier alpha value is -1.36. The molecule has 2 fully saturated rings. The molecule has 4 nitrogen and oxygen atoms in total. The summed E-state index contributed by atoms with van der Waals surface area (Å²) in [7, 11) is -3.60. The highest BCUT2D eigenvalue weighted by Gasteiger charge is 2.50. The quantitative estimate of drug-likeness (QED) is 0.929. The first-order valence-electron chi connectivity index (χ1n) is 7.48. The fourth-order valence-corrected chi connectivity index (χ4v) is 4.78. The van der Waals surface area contributed by atoms with Crippen molar-refractivity contribution >= 4 is 15.9 Å². The fourth-order valence-electron chi connectivity index (χ4n) is 3.51. The first-order chi connectivity index (χ1) is 9.89. The summed E-state index contributed by atoms with van der Waals surface area (Å²) >= 11 is 0. The van der Waals surface area contributed by atoms with Crippen molar-refractivity contribution in [3.63, 3.8) is 0 Å².